The molecule has 0 aliphatic carbocycles. The topological polar surface area (TPSA) is 279 Å². The van der Waals surface area contributed by atoms with Crippen LogP contribution in [0.25, 0.3) is 0 Å². The largest absolute Gasteiger partial charge is 0.508 e. The zero-order chi connectivity index (χ0) is 36.3. The van der Waals surface area contributed by atoms with E-state index in [9.17, 15) is 40.2 Å². The number of ether oxygens (including phenoxy) is 6. The number of aliphatic hydroxyl groups is 8. The van der Waals surface area contributed by atoms with E-state index >= 15 is 0 Å². The maximum atomic E-state index is 11.4. The van der Waals surface area contributed by atoms with Gasteiger partial charge in [0.2, 0.25) is 11.8 Å². The van der Waals surface area contributed by atoms with Crippen LogP contribution in [0, 0.1) is 0 Å². The van der Waals surface area contributed by atoms with E-state index in [-0.39, 0.29) is 52.5 Å². The first-order valence-corrected chi connectivity index (χ1v) is 15.4. The van der Waals surface area contributed by atoms with Gasteiger partial charge < -0.3 is 84.8 Å². The van der Waals surface area contributed by atoms with Gasteiger partial charge >= 0.3 is 0 Å². The number of aliphatic hydroxyl groups excluding tert-OH is 8. The predicted molar refractivity (Wildman–Crippen MR) is 167 cm³/mol. The molecule has 10 N–H and O–H groups in total. The molecule has 0 fully saturated rings. The van der Waals surface area contributed by atoms with Crippen molar-refractivity contribution in [3.8, 4) is 0 Å². The van der Waals surface area contributed by atoms with Crippen LogP contribution in [-0.2, 0) is 38.0 Å². The Labute approximate surface area is 280 Å². The molecule has 0 saturated carbocycles. The summed E-state index contributed by atoms with van der Waals surface area (Å²) in [5, 5.41) is 82.1. The maximum absolute atomic E-state index is 11.4. The number of likely N-dealkylation sites (N-methyl/N-ethyl adjacent to an activating group) is 1. The van der Waals surface area contributed by atoms with Crippen molar-refractivity contribution in [1.82, 2.24) is 15.5 Å². The highest BCUT2D eigenvalue weighted by atomic mass is 16.6. The molecule has 19 nitrogen and oxygen atoms in total. The summed E-state index contributed by atoms with van der Waals surface area (Å²) < 4.78 is 32.1. The number of carbonyl (C=O) groups is 2. The second-order valence-corrected chi connectivity index (χ2v) is 10.2. The standard InChI is InChI=1S/C29H55N3O16/c1-20(35)30-24(26(39)22(37)4-8-33)28(41)47-18-16-45-14-12-43-10-6-32(3)7-11-44-13-15-46-17-19-48-29(42)25(31-21(2)36)27(40)23(38)5-9-34/h22-23,28-29,33-34,37-42H,4-19H2,1-3H3,(H,30,35)(H,31,36)/b26-24+,27-25+/t22-,23-,28-,29-/m0/s1. The quantitative estimate of drug-likeness (QED) is 0.0202. The van der Waals surface area contributed by atoms with Crippen LogP contribution < -0.4 is 10.6 Å². The van der Waals surface area contributed by atoms with Gasteiger partial charge in [-0.05, 0) is 7.05 Å². The monoisotopic (exact) mass is 701 g/mol. The van der Waals surface area contributed by atoms with Crippen molar-refractivity contribution < 1.29 is 78.9 Å². The minimum atomic E-state index is -1.73. The van der Waals surface area contributed by atoms with Gasteiger partial charge in [0.25, 0.3) is 0 Å². The third kappa shape index (κ3) is 22.2. The lowest BCUT2D eigenvalue weighted by molar-refractivity contribution is -0.123. The minimum Gasteiger partial charge on any atom is -0.508 e. The Morgan fingerprint density at radius 2 is 0.896 bits per heavy atom. The third-order valence-corrected chi connectivity index (χ3v) is 6.09. The lowest BCUT2D eigenvalue weighted by atomic mass is 10.2. The minimum absolute atomic E-state index is 0.0828. The normalized spacial score (nSPS) is 15.4. The second-order valence-electron chi connectivity index (χ2n) is 10.2. The van der Waals surface area contributed by atoms with Crippen molar-refractivity contribution in [2.24, 2.45) is 0 Å². The van der Waals surface area contributed by atoms with Crippen molar-refractivity contribution in [2.45, 2.75) is 51.5 Å². The van der Waals surface area contributed by atoms with Crippen molar-refractivity contribution >= 4 is 11.8 Å². The number of amides is 2. The summed E-state index contributed by atoms with van der Waals surface area (Å²) in [6.45, 7) is 4.80. The average Bonchev–Trinajstić information content (AvgIpc) is 3.03. The lowest BCUT2D eigenvalue weighted by Gasteiger charge is -2.20. The molecule has 0 saturated heterocycles. The Bertz CT molecular complexity index is 866. The molecule has 2 amide bonds. The van der Waals surface area contributed by atoms with Crippen molar-refractivity contribution in [3.05, 3.63) is 22.9 Å². The average molecular weight is 702 g/mol. The summed E-state index contributed by atoms with van der Waals surface area (Å²) in [5.41, 5.74) is -0.834. The van der Waals surface area contributed by atoms with Gasteiger partial charge in [-0.1, -0.05) is 0 Å². The maximum Gasteiger partial charge on any atom is 0.221 e. The van der Waals surface area contributed by atoms with Crippen LogP contribution in [0.2, 0.25) is 0 Å². The molecule has 48 heavy (non-hydrogen) atoms. The summed E-state index contributed by atoms with van der Waals surface area (Å²) in [7, 11) is 1.90. The molecule has 19 heteroatoms. The van der Waals surface area contributed by atoms with E-state index in [4.69, 9.17) is 38.6 Å². The fraction of sp³-hybridized carbons (Fsp3) is 0.793. The van der Waals surface area contributed by atoms with Crippen LogP contribution in [0.15, 0.2) is 22.9 Å². The zero-order valence-electron chi connectivity index (χ0n) is 27.9. The van der Waals surface area contributed by atoms with E-state index in [0.29, 0.717) is 39.5 Å². The fourth-order valence-corrected chi connectivity index (χ4v) is 3.56. The molecule has 282 valence electrons. The summed E-state index contributed by atoms with van der Waals surface area (Å²) >= 11 is 0. The van der Waals surface area contributed by atoms with Gasteiger partial charge in [0, 0.05) is 53.0 Å². The molecule has 0 aromatic carbocycles. The third-order valence-electron chi connectivity index (χ3n) is 6.09. The van der Waals surface area contributed by atoms with Crippen LogP contribution >= 0.6 is 0 Å². The van der Waals surface area contributed by atoms with Crippen LogP contribution in [0.1, 0.15) is 26.7 Å². The van der Waals surface area contributed by atoms with E-state index in [1.165, 1.54) is 0 Å². The van der Waals surface area contributed by atoms with Crippen LogP contribution in [0.3, 0.4) is 0 Å². The van der Waals surface area contributed by atoms with E-state index in [1.807, 2.05) is 11.9 Å². The van der Waals surface area contributed by atoms with Gasteiger partial charge in [-0.2, -0.15) is 0 Å². The van der Waals surface area contributed by atoms with Gasteiger partial charge in [-0.15, -0.1) is 0 Å². The van der Waals surface area contributed by atoms with Gasteiger partial charge in [-0.25, -0.2) is 0 Å². The highest BCUT2D eigenvalue weighted by Crippen LogP contribution is 2.13. The predicted octanol–water partition coefficient (Wildman–Crippen LogP) is -3.05. The molecule has 0 spiro atoms. The Balaban J connectivity index is 3.96. The molecule has 0 bridgehead atoms. The van der Waals surface area contributed by atoms with Crippen LogP contribution in [0.4, 0.5) is 0 Å². The SMILES string of the molecule is CC(=O)N/C(=C(/O)[C@@H](O)CCO)[C@@H](O)OCCOCCOCCN(C)CCOCCOCCO[C@H](O)/C(NC(C)=O)=C(\O)[C@@H](O)CCO. The van der Waals surface area contributed by atoms with Crippen molar-refractivity contribution in [3.63, 3.8) is 0 Å². The molecular weight excluding hydrogens is 646 g/mol. The zero-order valence-corrected chi connectivity index (χ0v) is 27.9. The van der Waals surface area contributed by atoms with E-state index < -0.39 is 72.7 Å². The molecule has 0 aliphatic rings. The molecule has 0 aromatic rings. The Morgan fingerprint density at radius 1 is 0.583 bits per heavy atom. The van der Waals surface area contributed by atoms with E-state index in [1.54, 1.807) is 0 Å². The molecule has 0 radical (unpaired) electrons. The summed E-state index contributed by atoms with van der Waals surface area (Å²) in [4.78, 5) is 24.7. The highest BCUT2D eigenvalue weighted by Gasteiger charge is 2.24. The molecule has 0 aliphatic heterocycles. The van der Waals surface area contributed by atoms with Crippen LogP contribution in [0.5, 0.6) is 0 Å². The Kier molecular flexibility index (Phi) is 26.9. The smallest absolute Gasteiger partial charge is 0.221 e. The number of nitrogens with one attached hydrogen (secondary N) is 2. The van der Waals surface area contributed by atoms with Gasteiger partial charge in [0.15, 0.2) is 12.6 Å². The first-order valence-electron chi connectivity index (χ1n) is 15.4. The Morgan fingerprint density at radius 3 is 1.21 bits per heavy atom. The van der Waals surface area contributed by atoms with E-state index in [2.05, 4.69) is 10.6 Å². The first kappa shape index (κ1) is 45.5. The summed E-state index contributed by atoms with van der Waals surface area (Å²) in [5.74, 6) is -2.62. The van der Waals surface area contributed by atoms with E-state index in [0.717, 1.165) is 13.8 Å². The van der Waals surface area contributed by atoms with Gasteiger partial charge in [0.1, 0.15) is 35.1 Å². The highest BCUT2D eigenvalue weighted by molar-refractivity contribution is 5.75. The van der Waals surface area contributed by atoms with Crippen LogP contribution in [-0.4, -0.2) is 182 Å². The second kappa shape index (κ2) is 28.3. The number of rotatable bonds is 30. The molecular formula is C29H55N3O16. The molecule has 0 heterocycles. The fourth-order valence-electron chi connectivity index (χ4n) is 3.56. The molecule has 0 aromatic heterocycles. The number of hydrogen-bond acceptors (Lipinski definition) is 17. The molecule has 0 rings (SSSR count). The van der Waals surface area contributed by atoms with Crippen molar-refractivity contribution in [2.75, 3.05) is 99.4 Å². The van der Waals surface area contributed by atoms with Gasteiger partial charge in [0.05, 0.1) is 66.1 Å². The Hall–Kier alpha value is -2.50. The number of carbonyl (C=O) groups excluding carboxylic acids is 2. The lowest BCUT2D eigenvalue weighted by Crippen LogP contribution is -2.34. The number of hydrogen-bond donors (Lipinski definition) is 10. The van der Waals surface area contributed by atoms with Gasteiger partial charge in [-0.3, -0.25) is 9.59 Å². The summed E-state index contributed by atoms with van der Waals surface area (Å²) in [6.07, 6.45) is -6.83. The molecule has 4 atom stereocenters. The summed E-state index contributed by atoms with van der Waals surface area (Å²) in [6, 6.07) is 0. The number of nitrogens with zero attached hydrogens (tertiary/aromatic N) is 1. The first-order chi connectivity index (χ1) is 22.8. The molecule has 0 unspecified atom stereocenters. The van der Waals surface area contributed by atoms with Crippen molar-refractivity contribution in [1.29, 1.82) is 0 Å².